The van der Waals surface area contributed by atoms with Crippen molar-refractivity contribution in [3.05, 3.63) is 35.4 Å². The second-order valence-electron chi connectivity index (χ2n) is 4.19. The summed E-state index contributed by atoms with van der Waals surface area (Å²) in [4.78, 5) is 22.9. The third kappa shape index (κ3) is 4.20. The third-order valence-electron chi connectivity index (χ3n) is 2.78. The van der Waals surface area contributed by atoms with E-state index in [-0.39, 0.29) is 12.4 Å². The van der Waals surface area contributed by atoms with Crippen LogP contribution in [0.1, 0.15) is 17.5 Å². The predicted octanol–water partition coefficient (Wildman–Crippen LogP) is 1.89. The van der Waals surface area contributed by atoms with Crippen molar-refractivity contribution < 1.29 is 19.1 Å². The van der Waals surface area contributed by atoms with Crippen LogP contribution in [0.15, 0.2) is 24.3 Å². The zero-order valence-electron chi connectivity index (χ0n) is 10.9. The van der Waals surface area contributed by atoms with Gasteiger partial charge in [-0.3, -0.25) is 9.59 Å². The van der Waals surface area contributed by atoms with Gasteiger partial charge in [0.15, 0.2) is 0 Å². The molecule has 0 aliphatic carbocycles. The number of carbonyl (C=O) groups is 2. The first kappa shape index (κ1) is 14.2. The van der Waals surface area contributed by atoms with Gasteiger partial charge in [-0.2, -0.15) is 0 Å². The highest BCUT2D eigenvalue weighted by atomic mass is 16.5. The zero-order chi connectivity index (χ0) is 13.5. The van der Waals surface area contributed by atoms with Crippen molar-refractivity contribution in [3.63, 3.8) is 0 Å². The summed E-state index contributed by atoms with van der Waals surface area (Å²) in [7, 11) is 2.63. The molecule has 1 unspecified atom stereocenters. The minimum absolute atomic E-state index is 0.0387. The highest BCUT2D eigenvalue weighted by molar-refractivity contribution is 5.80. The van der Waals surface area contributed by atoms with Crippen molar-refractivity contribution >= 4 is 11.9 Å². The van der Waals surface area contributed by atoms with E-state index in [1.165, 1.54) is 14.2 Å². The van der Waals surface area contributed by atoms with Crippen LogP contribution in [-0.2, 0) is 25.5 Å². The number of esters is 2. The molecular formula is C14H18O4. The van der Waals surface area contributed by atoms with E-state index in [9.17, 15) is 9.59 Å². The summed E-state index contributed by atoms with van der Waals surface area (Å²) in [5, 5.41) is 0. The van der Waals surface area contributed by atoms with Crippen LogP contribution in [0.3, 0.4) is 0 Å². The lowest BCUT2D eigenvalue weighted by Crippen LogP contribution is -2.22. The Bertz CT molecular complexity index is 408. The molecular weight excluding hydrogens is 232 g/mol. The normalized spacial score (nSPS) is 11.7. The molecule has 0 N–H and O–H groups in total. The Balaban J connectivity index is 2.74. The Morgan fingerprint density at radius 2 is 1.72 bits per heavy atom. The van der Waals surface area contributed by atoms with E-state index in [0.717, 1.165) is 11.1 Å². The molecule has 1 atom stereocenters. The third-order valence-corrected chi connectivity index (χ3v) is 2.78. The molecule has 4 heteroatoms. The molecule has 1 rings (SSSR count). The van der Waals surface area contributed by atoms with Gasteiger partial charge in [-0.15, -0.1) is 0 Å². The van der Waals surface area contributed by atoms with Crippen molar-refractivity contribution in [1.82, 2.24) is 0 Å². The monoisotopic (exact) mass is 250 g/mol. The molecule has 4 nitrogen and oxygen atoms in total. The van der Waals surface area contributed by atoms with E-state index in [0.29, 0.717) is 6.42 Å². The maximum atomic E-state index is 11.6. The van der Waals surface area contributed by atoms with Crippen LogP contribution in [-0.4, -0.2) is 26.2 Å². The molecule has 1 aromatic rings. The Labute approximate surface area is 107 Å². The number of benzene rings is 1. The van der Waals surface area contributed by atoms with Crippen molar-refractivity contribution in [3.8, 4) is 0 Å². The molecule has 0 heterocycles. The Kier molecular flexibility index (Phi) is 5.36. The van der Waals surface area contributed by atoms with Crippen LogP contribution < -0.4 is 0 Å². The average Bonchev–Trinajstić information content (AvgIpc) is 2.39. The van der Waals surface area contributed by atoms with Crippen LogP contribution in [0.5, 0.6) is 0 Å². The van der Waals surface area contributed by atoms with E-state index in [1.54, 1.807) is 0 Å². The van der Waals surface area contributed by atoms with Gasteiger partial charge in [-0.05, 0) is 18.9 Å². The Morgan fingerprint density at radius 3 is 2.22 bits per heavy atom. The fraction of sp³-hybridized carbons (Fsp3) is 0.429. The SMILES string of the molecule is COC(=O)CC(Cc1ccc(C)cc1)C(=O)OC. The predicted molar refractivity (Wildman–Crippen MR) is 67.0 cm³/mol. The molecule has 0 saturated carbocycles. The quantitative estimate of drug-likeness (QED) is 0.749. The summed E-state index contributed by atoms with van der Waals surface area (Å²) in [6.07, 6.45) is 0.513. The summed E-state index contributed by atoms with van der Waals surface area (Å²) >= 11 is 0. The molecule has 0 aliphatic rings. The second-order valence-corrected chi connectivity index (χ2v) is 4.19. The lowest BCUT2D eigenvalue weighted by molar-refractivity contribution is -0.151. The fourth-order valence-electron chi connectivity index (χ4n) is 1.70. The first-order valence-electron chi connectivity index (χ1n) is 5.77. The maximum Gasteiger partial charge on any atom is 0.309 e. The summed E-state index contributed by atoms with van der Waals surface area (Å²) in [5.41, 5.74) is 2.15. The number of hydrogen-bond acceptors (Lipinski definition) is 4. The van der Waals surface area contributed by atoms with Gasteiger partial charge < -0.3 is 9.47 Å². The van der Waals surface area contributed by atoms with E-state index in [2.05, 4.69) is 4.74 Å². The van der Waals surface area contributed by atoms with E-state index in [4.69, 9.17) is 4.74 Å². The molecule has 0 aliphatic heterocycles. The molecule has 0 saturated heterocycles. The molecule has 0 bridgehead atoms. The molecule has 1 aromatic carbocycles. The average molecular weight is 250 g/mol. The van der Waals surface area contributed by atoms with Crippen LogP contribution in [0.2, 0.25) is 0 Å². The van der Waals surface area contributed by atoms with E-state index < -0.39 is 11.9 Å². The summed E-state index contributed by atoms with van der Waals surface area (Å²) in [5.74, 6) is -1.29. The molecule has 98 valence electrons. The fourth-order valence-corrected chi connectivity index (χ4v) is 1.70. The Morgan fingerprint density at radius 1 is 1.11 bits per heavy atom. The standard InChI is InChI=1S/C14H18O4/c1-10-4-6-11(7-5-10)8-12(14(16)18-3)9-13(15)17-2/h4-7,12H,8-9H2,1-3H3. The molecule has 0 spiro atoms. The van der Waals surface area contributed by atoms with Crippen molar-refractivity contribution in [1.29, 1.82) is 0 Å². The maximum absolute atomic E-state index is 11.6. The number of ether oxygens (including phenoxy) is 2. The number of aryl methyl sites for hydroxylation is 1. The number of rotatable bonds is 5. The van der Waals surface area contributed by atoms with Gasteiger partial charge >= 0.3 is 11.9 Å². The minimum atomic E-state index is -0.495. The second kappa shape index (κ2) is 6.79. The highest BCUT2D eigenvalue weighted by Crippen LogP contribution is 2.15. The van der Waals surface area contributed by atoms with Gasteiger partial charge in [0, 0.05) is 0 Å². The van der Waals surface area contributed by atoms with Gasteiger partial charge in [0.1, 0.15) is 0 Å². The van der Waals surface area contributed by atoms with Gasteiger partial charge in [-0.25, -0.2) is 0 Å². The lowest BCUT2D eigenvalue weighted by Gasteiger charge is -2.13. The van der Waals surface area contributed by atoms with Gasteiger partial charge in [-0.1, -0.05) is 29.8 Å². The van der Waals surface area contributed by atoms with Crippen LogP contribution in [0.4, 0.5) is 0 Å². The summed E-state index contributed by atoms with van der Waals surface area (Å²) in [6.45, 7) is 2.00. The van der Waals surface area contributed by atoms with E-state index >= 15 is 0 Å². The van der Waals surface area contributed by atoms with Crippen LogP contribution >= 0.6 is 0 Å². The van der Waals surface area contributed by atoms with Gasteiger partial charge in [0.05, 0.1) is 26.6 Å². The first-order valence-corrected chi connectivity index (χ1v) is 5.77. The van der Waals surface area contributed by atoms with Crippen molar-refractivity contribution in [2.75, 3.05) is 14.2 Å². The summed E-state index contributed by atoms with van der Waals surface area (Å²) < 4.78 is 9.29. The smallest absolute Gasteiger partial charge is 0.309 e. The van der Waals surface area contributed by atoms with E-state index in [1.807, 2.05) is 31.2 Å². The molecule has 0 aromatic heterocycles. The molecule has 18 heavy (non-hydrogen) atoms. The topological polar surface area (TPSA) is 52.6 Å². The largest absolute Gasteiger partial charge is 0.469 e. The van der Waals surface area contributed by atoms with Crippen LogP contribution in [0, 0.1) is 12.8 Å². The van der Waals surface area contributed by atoms with Gasteiger partial charge in [0.2, 0.25) is 0 Å². The number of carbonyl (C=O) groups excluding carboxylic acids is 2. The summed E-state index contributed by atoms with van der Waals surface area (Å²) in [6, 6.07) is 7.84. The lowest BCUT2D eigenvalue weighted by atomic mass is 9.96. The number of hydrogen-bond donors (Lipinski definition) is 0. The van der Waals surface area contributed by atoms with Crippen molar-refractivity contribution in [2.24, 2.45) is 5.92 Å². The number of methoxy groups -OCH3 is 2. The van der Waals surface area contributed by atoms with Gasteiger partial charge in [0.25, 0.3) is 0 Å². The zero-order valence-corrected chi connectivity index (χ0v) is 10.9. The van der Waals surface area contributed by atoms with Crippen molar-refractivity contribution in [2.45, 2.75) is 19.8 Å². The Hall–Kier alpha value is -1.84. The highest BCUT2D eigenvalue weighted by Gasteiger charge is 2.23. The first-order chi connectivity index (χ1) is 8.56. The molecule has 0 fully saturated rings. The minimum Gasteiger partial charge on any atom is -0.469 e. The molecule has 0 radical (unpaired) electrons. The molecule has 0 amide bonds. The van der Waals surface area contributed by atoms with Crippen LogP contribution in [0.25, 0.3) is 0 Å².